The molecule has 0 fully saturated rings. The third-order valence-electron chi connectivity index (χ3n) is 3.54. The van der Waals surface area contributed by atoms with E-state index in [1.54, 1.807) is 6.92 Å². The number of esters is 1. The van der Waals surface area contributed by atoms with Gasteiger partial charge in [0.05, 0.1) is 13.0 Å². The van der Waals surface area contributed by atoms with Gasteiger partial charge in [0.15, 0.2) is 0 Å². The number of aliphatic carboxylic acids is 1. The minimum Gasteiger partial charge on any atom is -0.480 e. The van der Waals surface area contributed by atoms with Gasteiger partial charge in [-0.2, -0.15) is 0 Å². The summed E-state index contributed by atoms with van der Waals surface area (Å²) in [4.78, 5) is 21.5. The van der Waals surface area contributed by atoms with Crippen molar-refractivity contribution in [2.24, 2.45) is 11.5 Å². The first-order chi connectivity index (χ1) is 12.4. The molecule has 0 aliphatic heterocycles. The molecule has 26 heavy (non-hydrogen) atoms. The van der Waals surface area contributed by atoms with Crippen LogP contribution in [0.15, 0.2) is 60.7 Å². The Morgan fingerprint density at radius 3 is 2.04 bits per heavy atom. The van der Waals surface area contributed by atoms with Crippen molar-refractivity contribution in [2.45, 2.75) is 31.8 Å². The molecule has 6 heteroatoms. The van der Waals surface area contributed by atoms with Gasteiger partial charge in [0.1, 0.15) is 6.04 Å². The molecule has 0 saturated heterocycles. The van der Waals surface area contributed by atoms with Crippen LogP contribution in [0.3, 0.4) is 0 Å². The van der Waals surface area contributed by atoms with Gasteiger partial charge in [0.25, 0.3) is 0 Å². The third-order valence-corrected chi connectivity index (χ3v) is 3.54. The van der Waals surface area contributed by atoms with E-state index in [9.17, 15) is 9.59 Å². The van der Waals surface area contributed by atoms with Crippen LogP contribution in [0.25, 0.3) is 0 Å². The summed E-state index contributed by atoms with van der Waals surface area (Å²) in [5.41, 5.74) is 13.1. The summed E-state index contributed by atoms with van der Waals surface area (Å²) in [7, 11) is 0. The van der Waals surface area contributed by atoms with Gasteiger partial charge in [-0.05, 0) is 24.5 Å². The van der Waals surface area contributed by atoms with Crippen molar-refractivity contribution in [1.29, 1.82) is 0 Å². The summed E-state index contributed by atoms with van der Waals surface area (Å²) < 4.78 is 4.82. The Balaban J connectivity index is 0.000000263. The lowest BCUT2D eigenvalue weighted by molar-refractivity contribution is -0.143. The fourth-order valence-corrected chi connectivity index (χ4v) is 2.17. The van der Waals surface area contributed by atoms with E-state index in [-0.39, 0.29) is 18.4 Å². The Bertz CT molecular complexity index is 662. The summed E-state index contributed by atoms with van der Waals surface area (Å²) in [5.74, 6) is -1.21. The Morgan fingerprint density at radius 1 is 1.00 bits per heavy atom. The zero-order valence-electron chi connectivity index (χ0n) is 14.9. The zero-order valence-corrected chi connectivity index (χ0v) is 14.9. The highest BCUT2D eigenvalue weighted by atomic mass is 16.5. The van der Waals surface area contributed by atoms with Gasteiger partial charge in [0, 0.05) is 6.04 Å². The minimum atomic E-state index is -0.959. The number of rotatable bonds is 7. The Morgan fingerprint density at radius 2 is 1.54 bits per heavy atom. The molecule has 6 nitrogen and oxygen atoms in total. The van der Waals surface area contributed by atoms with Crippen molar-refractivity contribution in [1.82, 2.24) is 0 Å². The number of carbonyl (C=O) groups excluding carboxylic acids is 1. The van der Waals surface area contributed by atoms with E-state index in [2.05, 4.69) is 0 Å². The number of ether oxygens (including phenoxy) is 1. The molecule has 140 valence electrons. The SMILES string of the molecule is CCOC(=O)CC(N)c1ccccc1.NC(Cc1ccccc1)C(=O)O. The number of carbonyl (C=O) groups is 2. The Kier molecular flexibility index (Phi) is 9.67. The molecule has 0 aliphatic carbocycles. The van der Waals surface area contributed by atoms with Crippen LogP contribution in [0, 0.1) is 0 Å². The van der Waals surface area contributed by atoms with Gasteiger partial charge in [-0.3, -0.25) is 9.59 Å². The van der Waals surface area contributed by atoms with Crippen molar-refractivity contribution < 1.29 is 19.4 Å². The van der Waals surface area contributed by atoms with Crippen LogP contribution in [0.2, 0.25) is 0 Å². The molecule has 2 aromatic rings. The second kappa shape index (κ2) is 11.8. The highest BCUT2D eigenvalue weighted by Crippen LogP contribution is 2.13. The molecule has 0 aromatic heterocycles. The molecule has 0 amide bonds. The average Bonchev–Trinajstić information content (AvgIpc) is 2.64. The molecule has 2 rings (SSSR count). The van der Waals surface area contributed by atoms with Crippen LogP contribution in [0.5, 0.6) is 0 Å². The van der Waals surface area contributed by atoms with E-state index < -0.39 is 12.0 Å². The quantitative estimate of drug-likeness (QED) is 0.654. The molecular weight excluding hydrogens is 332 g/mol. The summed E-state index contributed by atoms with van der Waals surface area (Å²) in [5, 5.41) is 8.52. The van der Waals surface area contributed by atoms with E-state index in [4.69, 9.17) is 21.3 Å². The molecule has 5 N–H and O–H groups in total. The fourth-order valence-electron chi connectivity index (χ4n) is 2.17. The first-order valence-electron chi connectivity index (χ1n) is 8.42. The lowest BCUT2D eigenvalue weighted by atomic mass is 10.1. The molecule has 0 spiro atoms. The first-order valence-corrected chi connectivity index (χ1v) is 8.42. The van der Waals surface area contributed by atoms with Gasteiger partial charge < -0.3 is 21.3 Å². The lowest BCUT2D eigenvalue weighted by Crippen LogP contribution is -2.32. The Hall–Kier alpha value is -2.70. The predicted octanol–water partition coefficient (Wildman–Crippen LogP) is 2.28. The molecule has 0 bridgehead atoms. The van der Waals surface area contributed by atoms with Gasteiger partial charge >= 0.3 is 11.9 Å². The monoisotopic (exact) mass is 358 g/mol. The predicted molar refractivity (Wildman–Crippen MR) is 100 cm³/mol. The van der Waals surface area contributed by atoms with Gasteiger partial charge in [-0.25, -0.2) is 0 Å². The molecule has 2 aromatic carbocycles. The van der Waals surface area contributed by atoms with Crippen molar-refractivity contribution >= 4 is 11.9 Å². The van der Waals surface area contributed by atoms with Gasteiger partial charge in [-0.1, -0.05) is 60.7 Å². The zero-order chi connectivity index (χ0) is 19.4. The van der Waals surface area contributed by atoms with Crippen LogP contribution >= 0.6 is 0 Å². The summed E-state index contributed by atoms with van der Waals surface area (Å²) in [6.45, 7) is 2.19. The molecule has 0 heterocycles. The summed E-state index contributed by atoms with van der Waals surface area (Å²) in [6, 6.07) is 17.8. The van der Waals surface area contributed by atoms with Crippen LogP contribution in [0.4, 0.5) is 0 Å². The van der Waals surface area contributed by atoms with E-state index in [1.807, 2.05) is 60.7 Å². The molecule has 0 radical (unpaired) electrons. The number of benzene rings is 2. The maximum absolute atomic E-state index is 11.1. The molecular formula is C20H26N2O4. The number of hydrogen-bond donors (Lipinski definition) is 3. The largest absolute Gasteiger partial charge is 0.480 e. The number of carboxylic acids is 1. The maximum Gasteiger partial charge on any atom is 0.320 e. The van der Waals surface area contributed by atoms with Crippen LogP contribution in [-0.4, -0.2) is 29.7 Å². The molecule has 0 aliphatic rings. The fraction of sp³-hybridized carbons (Fsp3) is 0.300. The number of carboxylic acid groups (broad SMARTS) is 1. The van der Waals surface area contributed by atoms with E-state index in [1.165, 1.54) is 0 Å². The minimum absolute atomic E-state index is 0.234. The third kappa shape index (κ3) is 8.41. The number of nitrogens with two attached hydrogens (primary N) is 2. The lowest BCUT2D eigenvalue weighted by Gasteiger charge is -2.10. The topological polar surface area (TPSA) is 116 Å². The number of hydrogen-bond acceptors (Lipinski definition) is 5. The standard InChI is InChI=1S/C11H15NO2.C9H11NO2/c1-2-14-11(13)8-10(12)9-6-4-3-5-7-9;10-8(9(11)12)6-7-4-2-1-3-5-7/h3-7,10H,2,8,12H2,1H3;1-5,8H,6,10H2,(H,11,12). The summed E-state index contributed by atoms with van der Waals surface area (Å²) in [6.07, 6.45) is 0.619. The highest BCUT2D eigenvalue weighted by Gasteiger charge is 2.12. The Labute approximate surface area is 153 Å². The average molecular weight is 358 g/mol. The smallest absolute Gasteiger partial charge is 0.320 e. The highest BCUT2D eigenvalue weighted by molar-refractivity contribution is 5.73. The van der Waals surface area contributed by atoms with Crippen molar-refractivity contribution in [3.05, 3.63) is 71.8 Å². The van der Waals surface area contributed by atoms with Crippen LogP contribution in [-0.2, 0) is 20.7 Å². The summed E-state index contributed by atoms with van der Waals surface area (Å²) >= 11 is 0. The van der Waals surface area contributed by atoms with Gasteiger partial charge in [-0.15, -0.1) is 0 Å². The van der Waals surface area contributed by atoms with Gasteiger partial charge in [0.2, 0.25) is 0 Å². The van der Waals surface area contributed by atoms with E-state index >= 15 is 0 Å². The first kappa shape index (κ1) is 21.3. The van der Waals surface area contributed by atoms with Crippen molar-refractivity contribution in [3.8, 4) is 0 Å². The second-order valence-electron chi connectivity index (χ2n) is 5.66. The molecule has 2 atom stereocenters. The molecule has 0 saturated carbocycles. The molecule has 2 unspecified atom stereocenters. The van der Waals surface area contributed by atoms with Crippen LogP contribution < -0.4 is 11.5 Å². The normalized spacial score (nSPS) is 12.3. The van der Waals surface area contributed by atoms with E-state index in [0.29, 0.717) is 13.0 Å². The second-order valence-corrected chi connectivity index (χ2v) is 5.66. The maximum atomic E-state index is 11.1. The van der Waals surface area contributed by atoms with Crippen LogP contribution in [0.1, 0.15) is 30.5 Å². The van der Waals surface area contributed by atoms with E-state index in [0.717, 1.165) is 11.1 Å². The van der Waals surface area contributed by atoms with Crippen molar-refractivity contribution in [2.75, 3.05) is 6.61 Å². The van der Waals surface area contributed by atoms with Crippen molar-refractivity contribution in [3.63, 3.8) is 0 Å².